The van der Waals surface area contributed by atoms with Gasteiger partial charge >= 0.3 is 0 Å². The Balaban J connectivity index is 2.35. The van der Waals surface area contributed by atoms with Gasteiger partial charge in [0.2, 0.25) is 9.84 Å². The van der Waals surface area contributed by atoms with Crippen molar-refractivity contribution in [2.24, 2.45) is 0 Å². The first-order valence-electron chi connectivity index (χ1n) is 7.46. The van der Waals surface area contributed by atoms with E-state index in [1.165, 1.54) is 0 Å². The molecule has 1 aromatic heterocycles. The van der Waals surface area contributed by atoms with E-state index in [1.54, 1.807) is 18.3 Å². The van der Waals surface area contributed by atoms with Crippen LogP contribution in [0.15, 0.2) is 56.9 Å². The molecule has 120 valence electrons. The Bertz CT molecular complexity index is 1000. The number of hydrogen-bond acceptors (Lipinski definition) is 2. The molecule has 1 heterocycles. The zero-order chi connectivity index (χ0) is 16.8. The van der Waals surface area contributed by atoms with E-state index in [1.807, 2.05) is 49.6 Å². The third-order valence-electron chi connectivity index (χ3n) is 4.14. The zero-order valence-electron chi connectivity index (χ0n) is 13.3. The summed E-state index contributed by atoms with van der Waals surface area (Å²) in [6.07, 6.45) is 1.76. The smallest absolute Gasteiger partial charge is 0.208 e. The molecule has 0 amide bonds. The van der Waals surface area contributed by atoms with Crippen LogP contribution in [0.25, 0.3) is 10.9 Å². The second-order valence-electron chi connectivity index (χ2n) is 5.66. The van der Waals surface area contributed by atoms with E-state index >= 15 is 0 Å². The third kappa shape index (κ3) is 2.62. The van der Waals surface area contributed by atoms with Crippen molar-refractivity contribution in [2.45, 2.75) is 37.1 Å². The molecule has 0 aliphatic rings. The van der Waals surface area contributed by atoms with E-state index < -0.39 is 9.84 Å². The average Bonchev–Trinajstić information content (AvgIpc) is 2.87. The van der Waals surface area contributed by atoms with Gasteiger partial charge in [-0.2, -0.15) is 0 Å². The Labute approximate surface area is 145 Å². The zero-order valence-corrected chi connectivity index (χ0v) is 15.7. The second kappa shape index (κ2) is 5.80. The van der Waals surface area contributed by atoms with Crippen LogP contribution in [0.1, 0.15) is 18.1 Å². The molecule has 0 saturated heterocycles. The van der Waals surface area contributed by atoms with Crippen LogP contribution < -0.4 is 0 Å². The summed E-state index contributed by atoms with van der Waals surface area (Å²) in [6, 6.07) is 11.2. The van der Waals surface area contributed by atoms with Gasteiger partial charge in [0.05, 0.1) is 9.79 Å². The fourth-order valence-corrected chi connectivity index (χ4v) is 5.23. The van der Waals surface area contributed by atoms with E-state index in [-0.39, 0.29) is 0 Å². The maximum absolute atomic E-state index is 13.2. The van der Waals surface area contributed by atoms with Crippen LogP contribution in [-0.2, 0) is 16.4 Å². The number of hydrogen-bond donors (Lipinski definition) is 0. The Morgan fingerprint density at radius 1 is 1.04 bits per heavy atom. The summed E-state index contributed by atoms with van der Waals surface area (Å²) < 4.78 is 29.3. The highest BCUT2D eigenvalue weighted by molar-refractivity contribution is 9.10. The largest absolute Gasteiger partial charge is 0.346 e. The van der Waals surface area contributed by atoms with E-state index in [0.717, 1.165) is 33.0 Å². The lowest BCUT2D eigenvalue weighted by Gasteiger charge is -2.08. The molecule has 23 heavy (non-hydrogen) atoms. The summed E-state index contributed by atoms with van der Waals surface area (Å²) in [5, 5.41) is 0.816. The number of sulfone groups is 1. The summed E-state index contributed by atoms with van der Waals surface area (Å²) in [5.74, 6) is 0. The molecule has 0 fully saturated rings. The van der Waals surface area contributed by atoms with Crippen molar-refractivity contribution in [1.29, 1.82) is 0 Å². The normalized spacial score (nSPS) is 12.0. The first-order valence-corrected chi connectivity index (χ1v) is 9.73. The Morgan fingerprint density at radius 2 is 1.78 bits per heavy atom. The number of aryl methyl sites for hydroxylation is 3. The number of fused-ring (bicyclic) bond motifs is 1. The molecule has 0 bridgehead atoms. The molecule has 0 N–H and O–H groups in total. The molecule has 0 aliphatic carbocycles. The molecule has 0 unspecified atom stereocenters. The average molecular weight is 392 g/mol. The van der Waals surface area contributed by atoms with Gasteiger partial charge in [0.1, 0.15) is 0 Å². The lowest BCUT2D eigenvalue weighted by molar-refractivity contribution is 0.595. The van der Waals surface area contributed by atoms with Crippen LogP contribution in [0.5, 0.6) is 0 Å². The third-order valence-corrected chi connectivity index (χ3v) is 6.56. The minimum absolute atomic E-state index is 0.360. The van der Waals surface area contributed by atoms with E-state index in [9.17, 15) is 8.42 Å². The highest BCUT2D eigenvalue weighted by Gasteiger charge is 2.25. The van der Waals surface area contributed by atoms with Gasteiger partial charge in [0.25, 0.3) is 0 Å². The molecule has 0 atom stereocenters. The Kier molecular flexibility index (Phi) is 4.10. The van der Waals surface area contributed by atoms with Gasteiger partial charge in [-0.3, -0.25) is 0 Å². The molecule has 5 heteroatoms. The summed E-state index contributed by atoms with van der Waals surface area (Å²) >= 11 is 3.39. The van der Waals surface area contributed by atoms with E-state index in [2.05, 4.69) is 15.9 Å². The fraction of sp³-hybridized carbons (Fsp3) is 0.222. The van der Waals surface area contributed by atoms with Crippen molar-refractivity contribution in [3.63, 3.8) is 0 Å². The molecule has 2 aromatic carbocycles. The highest BCUT2D eigenvalue weighted by atomic mass is 79.9. The standard InChI is InChI=1S/C18H18BrNO2S/c1-4-20-11-17(18-12(2)6-5-7-15(18)20)23(21,22)16-9-8-14(19)10-13(16)3/h5-11H,4H2,1-3H3. The van der Waals surface area contributed by atoms with Crippen molar-refractivity contribution < 1.29 is 8.42 Å². The number of aromatic nitrogens is 1. The number of nitrogens with zero attached hydrogens (tertiary/aromatic N) is 1. The van der Waals surface area contributed by atoms with Crippen LogP contribution in [0.2, 0.25) is 0 Å². The quantitative estimate of drug-likeness (QED) is 0.638. The lowest BCUT2D eigenvalue weighted by atomic mass is 10.1. The van der Waals surface area contributed by atoms with Gasteiger partial charge in [0.15, 0.2) is 0 Å². The topological polar surface area (TPSA) is 39.1 Å². The number of rotatable bonds is 3. The van der Waals surface area contributed by atoms with Gasteiger partial charge in [0, 0.05) is 28.1 Å². The predicted octanol–water partition coefficient (Wildman–Crippen LogP) is 4.87. The van der Waals surface area contributed by atoms with Crippen LogP contribution >= 0.6 is 15.9 Å². The fourth-order valence-electron chi connectivity index (χ4n) is 2.99. The van der Waals surface area contributed by atoms with E-state index in [0.29, 0.717) is 9.79 Å². The molecule has 0 radical (unpaired) electrons. The minimum Gasteiger partial charge on any atom is -0.346 e. The van der Waals surface area contributed by atoms with Crippen LogP contribution in [0, 0.1) is 13.8 Å². The van der Waals surface area contributed by atoms with Crippen molar-refractivity contribution in [3.8, 4) is 0 Å². The van der Waals surface area contributed by atoms with Crippen molar-refractivity contribution in [1.82, 2.24) is 4.57 Å². The van der Waals surface area contributed by atoms with Crippen LogP contribution in [-0.4, -0.2) is 13.0 Å². The van der Waals surface area contributed by atoms with Gasteiger partial charge in [-0.15, -0.1) is 0 Å². The summed E-state index contributed by atoms with van der Waals surface area (Å²) in [5.41, 5.74) is 2.68. The monoisotopic (exact) mass is 391 g/mol. The van der Waals surface area contributed by atoms with Crippen LogP contribution in [0.4, 0.5) is 0 Å². The van der Waals surface area contributed by atoms with Crippen molar-refractivity contribution in [3.05, 3.63) is 58.2 Å². The molecule has 0 spiro atoms. The summed E-state index contributed by atoms with van der Waals surface area (Å²) in [7, 11) is -3.57. The Morgan fingerprint density at radius 3 is 2.43 bits per heavy atom. The number of halogens is 1. The van der Waals surface area contributed by atoms with Crippen LogP contribution in [0.3, 0.4) is 0 Å². The SMILES string of the molecule is CCn1cc(S(=O)(=O)c2ccc(Br)cc2C)c2c(C)cccc21. The predicted molar refractivity (Wildman–Crippen MR) is 96.7 cm³/mol. The first kappa shape index (κ1) is 16.3. The first-order chi connectivity index (χ1) is 10.9. The minimum atomic E-state index is -3.57. The molecular formula is C18H18BrNO2S. The van der Waals surface area contributed by atoms with Gasteiger partial charge in [-0.05, 0) is 56.2 Å². The highest BCUT2D eigenvalue weighted by Crippen LogP contribution is 2.34. The summed E-state index contributed by atoms with van der Waals surface area (Å²) in [6.45, 7) is 6.52. The van der Waals surface area contributed by atoms with E-state index in [4.69, 9.17) is 0 Å². The molecule has 3 aromatic rings. The second-order valence-corrected chi connectivity index (χ2v) is 8.46. The van der Waals surface area contributed by atoms with Gasteiger partial charge < -0.3 is 4.57 Å². The van der Waals surface area contributed by atoms with Gasteiger partial charge in [-0.25, -0.2) is 8.42 Å². The molecule has 0 aliphatic heterocycles. The number of benzene rings is 2. The molecule has 3 rings (SSSR count). The maximum Gasteiger partial charge on any atom is 0.208 e. The molecule has 0 saturated carbocycles. The summed E-state index contributed by atoms with van der Waals surface area (Å²) in [4.78, 5) is 0.747. The molecular weight excluding hydrogens is 374 g/mol. The van der Waals surface area contributed by atoms with Crippen molar-refractivity contribution >= 4 is 36.7 Å². The maximum atomic E-state index is 13.2. The lowest BCUT2D eigenvalue weighted by Crippen LogP contribution is -2.04. The van der Waals surface area contributed by atoms with Crippen molar-refractivity contribution in [2.75, 3.05) is 0 Å². The van der Waals surface area contributed by atoms with Gasteiger partial charge in [-0.1, -0.05) is 28.1 Å². The Hall–Kier alpha value is -1.59. The molecule has 3 nitrogen and oxygen atoms in total.